The molecular formula is C39H45ClF2N8O2S. The molecule has 0 radical (unpaired) electrons. The minimum atomic E-state index is -0.715. The van der Waals surface area contributed by atoms with E-state index in [2.05, 4.69) is 26.2 Å². The Morgan fingerprint density at radius 3 is 2.55 bits per heavy atom. The number of benzene rings is 2. The number of nitrogens with two attached hydrogens (primary N) is 1. The summed E-state index contributed by atoms with van der Waals surface area (Å²) in [6.07, 6.45) is 9.64. The van der Waals surface area contributed by atoms with Crippen LogP contribution in [0.1, 0.15) is 70.8 Å². The lowest BCUT2D eigenvalue weighted by Gasteiger charge is -2.31. The molecule has 3 N–H and O–H groups in total. The van der Waals surface area contributed by atoms with Crippen LogP contribution >= 0.6 is 22.9 Å². The summed E-state index contributed by atoms with van der Waals surface area (Å²) in [6.45, 7) is 9.10. The van der Waals surface area contributed by atoms with E-state index in [-0.39, 0.29) is 77.8 Å². The Balaban J connectivity index is 0.000000752. The maximum atomic E-state index is 17.1. The number of rotatable bonds is 6. The number of anilines is 2. The van der Waals surface area contributed by atoms with Crippen LogP contribution in [0, 0.1) is 28.9 Å². The molecule has 1 aliphatic carbocycles. The quantitative estimate of drug-likeness (QED) is 0.197. The number of hydrogen-bond acceptors (Lipinski definition) is 10. The number of halogens is 3. The lowest BCUT2D eigenvalue weighted by Crippen LogP contribution is -2.43. The smallest absolute Gasteiger partial charge is 0.319 e. The molecule has 3 atom stereocenters. The Labute approximate surface area is 317 Å². The van der Waals surface area contributed by atoms with Crippen LogP contribution in [0.2, 0.25) is 5.02 Å². The van der Waals surface area contributed by atoms with Crippen molar-refractivity contribution in [2.75, 3.05) is 56.5 Å². The fraction of sp³-hybridized carbons (Fsp3) is 0.538. The van der Waals surface area contributed by atoms with E-state index in [1.165, 1.54) is 31.4 Å². The highest BCUT2D eigenvalue weighted by atomic mass is 35.5. The van der Waals surface area contributed by atoms with Gasteiger partial charge in [0.1, 0.15) is 34.8 Å². The van der Waals surface area contributed by atoms with E-state index in [0.717, 1.165) is 56.5 Å². The molecule has 0 bridgehead atoms. The van der Waals surface area contributed by atoms with Crippen LogP contribution in [0.3, 0.4) is 0 Å². The van der Waals surface area contributed by atoms with Crippen LogP contribution in [-0.4, -0.2) is 89.2 Å². The summed E-state index contributed by atoms with van der Waals surface area (Å²) < 4.78 is 38.6. The number of ether oxygens (including phenoxy) is 1. The van der Waals surface area contributed by atoms with E-state index >= 15 is 4.39 Å². The number of carbonyl (C=O) groups is 1. The summed E-state index contributed by atoms with van der Waals surface area (Å²) in [4.78, 5) is 29.1. The highest BCUT2D eigenvalue weighted by Gasteiger charge is 2.47. The molecule has 14 heteroatoms. The van der Waals surface area contributed by atoms with Crippen molar-refractivity contribution < 1.29 is 18.3 Å². The topological polar surface area (TPSA) is 134 Å². The van der Waals surface area contributed by atoms with Crippen LogP contribution in [0.15, 0.2) is 18.2 Å². The van der Waals surface area contributed by atoms with Gasteiger partial charge in [-0.05, 0) is 62.9 Å². The van der Waals surface area contributed by atoms with E-state index < -0.39 is 11.6 Å². The molecule has 6 fully saturated rings. The largest absolute Gasteiger partial charge is 0.461 e. The fourth-order valence-corrected chi connectivity index (χ4v) is 9.96. The van der Waals surface area contributed by atoms with Gasteiger partial charge in [0.15, 0.2) is 5.82 Å². The molecule has 4 aromatic rings. The molecule has 5 saturated heterocycles. The number of hydrogen-bond donors (Lipinski definition) is 2. The Hall–Kier alpha value is -3.83. The molecular weight excluding hydrogens is 718 g/mol. The highest BCUT2D eigenvalue weighted by Crippen LogP contribution is 2.47. The molecule has 2 aromatic heterocycles. The summed E-state index contributed by atoms with van der Waals surface area (Å²) in [5.41, 5.74) is 6.39. The minimum absolute atomic E-state index is 0.00241. The van der Waals surface area contributed by atoms with Crippen molar-refractivity contribution in [2.45, 2.75) is 82.8 Å². The Morgan fingerprint density at radius 1 is 1.13 bits per heavy atom. The van der Waals surface area contributed by atoms with Crippen LogP contribution in [0.5, 0.6) is 6.01 Å². The third-order valence-electron chi connectivity index (χ3n) is 11.5. The molecule has 0 spiro atoms. The lowest BCUT2D eigenvalue weighted by atomic mass is 9.95. The van der Waals surface area contributed by atoms with Gasteiger partial charge in [-0.2, -0.15) is 15.2 Å². The summed E-state index contributed by atoms with van der Waals surface area (Å²) in [7, 11) is 0. The zero-order valence-electron chi connectivity index (χ0n) is 30.2. The molecule has 53 heavy (non-hydrogen) atoms. The first-order valence-electron chi connectivity index (χ1n) is 19.0. The number of carbonyl (C=O) groups excluding carboxylic acids is 1. The van der Waals surface area contributed by atoms with Crippen molar-refractivity contribution in [1.82, 2.24) is 25.1 Å². The number of amides is 1. The van der Waals surface area contributed by atoms with Crippen LogP contribution in [0.25, 0.3) is 32.1 Å². The van der Waals surface area contributed by atoms with Crippen molar-refractivity contribution in [3.63, 3.8) is 0 Å². The first kappa shape index (κ1) is 36.2. The molecule has 6 aliphatic rings. The molecule has 5 aliphatic heterocycles. The summed E-state index contributed by atoms with van der Waals surface area (Å²) in [6, 6.07) is 6.35. The minimum Gasteiger partial charge on any atom is -0.461 e. The van der Waals surface area contributed by atoms with Crippen molar-refractivity contribution in [1.29, 1.82) is 5.26 Å². The number of nitrogens with zero attached hydrogens (tertiary/aromatic N) is 6. The number of thiophene rings is 1. The number of likely N-dealkylation sites (tertiary alicyclic amines) is 1. The third kappa shape index (κ3) is 6.45. The maximum absolute atomic E-state index is 17.1. The first-order valence-corrected chi connectivity index (χ1v) is 20.2. The van der Waals surface area contributed by atoms with E-state index in [1.54, 1.807) is 6.07 Å². The number of nitriles is 1. The van der Waals surface area contributed by atoms with Crippen molar-refractivity contribution in [3.05, 3.63) is 40.4 Å². The predicted molar refractivity (Wildman–Crippen MR) is 205 cm³/mol. The average Bonchev–Trinajstić information content (AvgIpc) is 4.03. The Morgan fingerprint density at radius 2 is 1.87 bits per heavy atom. The van der Waals surface area contributed by atoms with Crippen LogP contribution in [-0.2, 0) is 4.79 Å². The summed E-state index contributed by atoms with van der Waals surface area (Å²) in [5.74, 6) is -0.377. The van der Waals surface area contributed by atoms with Crippen molar-refractivity contribution in [3.8, 4) is 23.2 Å². The molecule has 3 unspecified atom stereocenters. The van der Waals surface area contributed by atoms with Gasteiger partial charge in [0.2, 0.25) is 5.91 Å². The average molecular weight is 763 g/mol. The van der Waals surface area contributed by atoms with E-state index in [0.29, 0.717) is 44.0 Å². The molecule has 10 rings (SSSR count). The molecule has 7 heterocycles. The molecule has 1 saturated carbocycles. The second-order valence-corrected chi connectivity index (χ2v) is 16.3. The number of nitrogens with one attached hydrogen (secondary N) is 1. The van der Waals surface area contributed by atoms with Gasteiger partial charge < -0.3 is 25.6 Å². The highest BCUT2D eigenvalue weighted by molar-refractivity contribution is 7.23. The molecule has 1 amide bonds. The monoisotopic (exact) mass is 762 g/mol. The standard InChI is InChI=1S/C34H33ClF2N8O2S.C3H6.C2H6/c35-21-11-19-28(27(37)26(21)18-3-4-22(36)29-25(18)20(12-38)30(39)48-29)41-33(47-16-34-6-1-8-44(34)9-2-7-34)42-31(19)45-10-5-17-14-43(15-24(17)45)32(46)23-13-40-23;1-2-3-1;1-2/h3-4,11,17,23-24,40H,1-2,5-10,13-16,39H2;1-3H2;1-2H3. The van der Waals surface area contributed by atoms with Crippen molar-refractivity contribution in [2.24, 2.45) is 5.92 Å². The van der Waals surface area contributed by atoms with E-state index in [9.17, 15) is 14.4 Å². The Kier molecular flexibility index (Phi) is 9.85. The van der Waals surface area contributed by atoms with Gasteiger partial charge in [-0.25, -0.2) is 8.78 Å². The summed E-state index contributed by atoms with van der Waals surface area (Å²) in [5, 5.41) is 13.9. The van der Waals surface area contributed by atoms with Gasteiger partial charge in [-0.3, -0.25) is 9.69 Å². The van der Waals surface area contributed by atoms with Gasteiger partial charge >= 0.3 is 6.01 Å². The van der Waals surface area contributed by atoms with Gasteiger partial charge in [-0.15, -0.1) is 11.3 Å². The lowest BCUT2D eigenvalue weighted by molar-refractivity contribution is -0.129. The maximum Gasteiger partial charge on any atom is 0.319 e. The zero-order chi connectivity index (χ0) is 37.0. The van der Waals surface area contributed by atoms with Gasteiger partial charge in [0.25, 0.3) is 0 Å². The fourth-order valence-electron chi connectivity index (χ4n) is 8.72. The zero-order valence-corrected chi connectivity index (χ0v) is 31.8. The molecule has 10 nitrogen and oxygen atoms in total. The van der Waals surface area contributed by atoms with Gasteiger partial charge in [-0.1, -0.05) is 50.8 Å². The second kappa shape index (κ2) is 14.4. The first-order chi connectivity index (χ1) is 25.8. The predicted octanol–water partition coefficient (Wildman–Crippen LogP) is 7.11. The number of fused-ring (bicyclic) bond motifs is 4. The second-order valence-electron chi connectivity index (χ2n) is 14.8. The van der Waals surface area contributed by atoms with Crippen LogP contribution in [0.4, 0.5) is 19.6 Å². The Bertz CT molecular complexity index is 2100. The third-order valence-corrected chi connectivity index (χ3v) is 12.8. The number of nitrogen functional groups attached to an aromatic ring is 1. The normalized spacial score (nSPS) is 23.6. The van der Waals surface area contributed by atoms with Crippen LogP contribution < -0.4 is 20.7 Å². The van der Waals surface area contributed by atoms with Gasteiger partial charge in [0.05, 0.1) is 32.9 Å². The SMILES string of the molecule is C1CC1.CC.N#Cc1c(N)sc2c(F)ccc(-c3c(Cl)cc4c(N5CCC6CN(C(=O)C7CN7)CC65)nc(OCC56CCCN5CCC6)nc4c3F)c12. The van der Waals surface area contributed by atoms with Gasteiger partial charge in [0, 0.05) is 48.4 Å². The molecule has 2 aromatic carbocycles. The van der Waals surface area contributed by atoms with Crippen molar-refractivity contribution >= 4 is 60.7 Å². The summed E-state index contributed by atoms with van der Waals surface area (Å²) >= 11 is 7.86. The van der Waals surface area contributed by atoms with E-state index in [1.807, 2.05) is 18.7 Å². The van der Waals surface area contributed by atoms with E-state index in [4.69, 9.17) is 27.1 Å². The molecule has 280 valence electrons. The number of aromatic nitrogens is 2.